The molecule has 0 radical (unpaired) electrons. The molecule has 1 rings (SSSR count). The molecule has 0 saturated heterocycles. The molecular formula is C15H21ClN4O4. The summed E-state index contributed by atoms with van der Waals surface area (Å²) >= 11 is 5.91. The number of benzene rings is 1. The minimum absolute atomic E-state index is 0.0229. The maximum atomic E-state index is 12.0. The summed E-state index contributed by atoms with van der Waals surface area (Å²) in [7, 11) is 1.64. The molecule has 0 aliphatic rings. The Balaban J connectivity index is 2.57. The second-order valence-corrected chi connectivity index (χ2v) is 6.85. The summed E-state index contributed by atoms with van der Waals surface area (Å²) < 4.78 is 0. The van der Waals surface area contributed by atoms with E-state index in [1.807, 2.05) is 20.8 Å². The van der Waals surface area contributed by atoms with Gasteiger partial charge in [-0.3, -0.25) is 24.6 Å². The van der Waals surface area contributed by atoms with Crippen molar-refractivity contribution in [2.24, 2.45) is 0 Å². The van der Waals surface area contributed by atoms with Crippen LogP contribution >= 0.6 is 11.6 Å². The summed E-state index contributed by atoms with van der Waals surface area (Å²) in [4.78, 5) is 35.4. The Kier molecular flexibility index (Phi) is 6.68. The van der Waals surface area contributed by atoms with Crippen LogP contribution in [0.4, 0.5) is 11.4 Å². The lowest BCUT2D eigenvalue weighted by molar-refractivity contribution is -0.384. The van der Waals surface area contributed by atoms with Gasteiger partial charge in [0.1, 0.15) is 0 Å². The highest BCUT2D eigenvalue weighted by Crippen LogP contribution is 2.26. The molecule has 0 aliphatic heterocycles. The van der Waals surface area contributed by atoms with Gasteiger partial charge in [0.05, 0.1) is 28.7 Å². The molecule has 0 fully saturated rings. The van der Waals surface area contributed by atoms with Gasteiger partial charge in [0.2, 0.25) is 11.8 Å². The maximum Gasteiger partial charge on any atom is 0.271 e. The van der Waals surface area contributed by atoms with Crippen LogP contribution in [-0.4, -0.2) is 47.3 Å². The molecule has 9 heteroatoms. The highest BCUT2D eigenvalue weighted by molar-refractivity contribution is 6.34. The number of non-ortho nitro benzene ring substituents is 1. The Bertz CT molecular complexity index is 643. The molecule has 0 aromatic heterocycles. The Morgan fingerprint density at radius 2 is 1.83 bits per heavy atom. The first-order chi connectivity index (χ1) is 11.0. The fourth-order valence-corrected chi connectivity index (χ4v) is 2.13. The van der Waals surface area contributed by atoms with Crippen molar-refractivity contribution >= 4 is 34.8 Å². The third kappa shape index (κ3) is 6.93. The third-order valence-electron chi connectivity index (χ3n) is 2.78. The lowest BCUT2D eigenvalue weighted by atomic mass is 10.1. The topological polar surface area (TPSA) is 105 Å². The van der Waals surface area contributed by atoms with Gasteiger partial charge in [0.15, 0.2) is 0 Å². The van der Waals surface area contributed by atoms with Gasteiger partial charge in [-0.05, 0) is 33.9 Å². The van der Waals surface area contributed by atoms with Crippen molar-refractivity contribution in [2.75, 3.05) is 25.5 Å². The van der Waals surface area contributed by atoms with Gasteiger partial charge in [-0.25, -0.2) is 0 Å². The van der Waals surface area contributed by atoms with Crippen LogP contribution < -0.4 is 10.6 Å². The number of nitro groups is 1. The van der Waals surface area contributed by atoms with Gasteiger partial charge in [-0.15, -0.1) is 0 Å². The molecule has 0 atom stereocenters. The quantitative estimate of drug-likeness (QED) is 0.599. The SMILES string of the molecule is CN(CC(=O)Nc1ccc([N+](=O)[O-])cc1Cl)CC(=O)NC(C)(C)C. The van der Waals surface area contributed by atoms with E-state index in [-0.39, 0.29) is 46.8 Å². The molecule has 8 nitrogen and oxygen atoms in total. The summed E-state index contributed by atoms with van der Waals surface area (Å²) in [6.07, 6.45) is 0. The van der Waals surface area contributed by atoms with E-state index in [0.29, 0.717) is 0 Å². The van der Waals surface area contributed by atoms with Crippen LogP contribution in [0.3, 0.4) is 0 Å². The van der Waals surface area contributed by atoms with Crippen LogP contribution in [0.25, 0.3) is 0 Å². The van der Waals surface area contributed by atoms with E-state index in [9.17, 15) is 19.7 Å². The average Bonchev–Trinajstić information content (AvgIpc) is 2.37. The number of anilines is 1. The Morgan fingerprint density at radius 1 is 1.25 bits per heavy atom. The molecule has 132 valence electrons. The number of carbonyl (C=O) groups is 2. The predicted molar refractivity (Wildman–Crippen MR) is 92.1 cm³/mol. The first kappa shape index (κ1) is 19.9. The monoisotopic (exact) mass is 356 g/mol. The molecule has 0 spiro atoms. The normalized spacial score (nSPS) is 11.2. The van der Waals surface area contributed by atoms with E-state index in [4.69, 9.17) is 11.6 Å². The summed E-state index contributed by atoms with van der Waals surface area (Å²) in [5.41, 5.74) is -0.222. The first-order valence-corrected chi connectivity index (χ1v) is 7.59. The van der Waals surface area contributed by atoms with Crippen molar-refractivity contribution in [3.63, 3.8) is 0 Å². The van der Waals surface area contributed by atoms with Gasteiger partial charge in [-0.1, -0.05) is 11.6 Å². The number of nitrogens with zero attached hydrogens (tertiary/aromatic N) is 2. The number of nitro benzene ring substituents is 1. The Morgan fingerprint density at radius 3 is 2.33 bits per heavy atom. The molecule has 2 amide bonds. The molecule has 0 saturated carbocycles. The molecule has 0 bridgehead atoms. The lowest BCUT2D eigenvalue weighted by Gasteiger charge is -2.23. The maximum absolute atomic E-state index is 12.0. The minimum Gasteiger partial charge on any atom is -0.350 e. The van der Waals surface area contributed by atoms with Crippen LogP contribution in [-0.2, 0) is 9.59 Å². The Labute approximate surface area is 145 Å². The molecule has 0 aliphatic carbocycles. The van der Waals surface area contributed by atoms with Crippen molar-refractivity contribution in [2.45, 2.75) is 26.3 Å². The van der Waals surface area contributed by atoms with E-state index in [1.165, 1.54) is 12.1 Å². The fraction of sp³-hybridized carbons (Fsp3) is 0.467. The molecule has 2 N–H and O–H groups in total. The number of hydrogen-bond donors (Lipinski definition) is 2. The second kappa shape index (κ2) is 8.07. The molecule has 1 aromatic rings. The predicted octanol–water partition coefficient (Wildman–Crippen LogP) is 2.03. The van der Waals surface area contributed by atoms with Crippen molar-refractivity contribution in [3.05, 3.63) is 33.3 Å². The molecule has 1 aromatic carbocycles. The third-order valence-corrected chi connectivity index (χ3v) is 3.09. The van der Waals surface area contributed by atoms with E-state index >= 15 is 0 Å². The standard InChI is InChI=1S/C15H21ClN4O4/c1-15(2,3)18-14(22)9-19(4)8-13(21)17-12-6-5-10(20(23)24)7-11(12)16/h5-7H,8-9H2,1-4H3,(H,17,21)(H,18,22). The fourth-order valence-electron chi connectivity index (χ4n) is 1.91. The minimum atomic E-state index is -0.570. The molecule has 0 heterocycles. The van der Waals surface area contributed by atoms with E-state index in [2.05, 4.69) is 10.6 Å². The summed E-state index contributed by atoms with van der Waals surface area (Å²) in [5.74, 6) is -0.567. The van der Waals surface area contributed by atoms with E-state index < -0.39 is 4.92 Å². The number of halogens is 1. The van der Waals surface area contributed by atoms with Gasteiger partial charge >= 0.3 is 0 Å². The highest BCUT2D eigenvalue weighted by Gasteiger charge is 2.17. The van der Waals surface area contributed by atoms with Gasteiger partial charge in [0.25, 0.3) is 5.69 Å². The number of likely N-dealkylation sites (N-methyl/N-ethyl adjacent to an activating group) is 1. The number of nitrogens with one attached hydrogen (secondary N) is 2. The number of rotatable bonds is 6. The van der Waals surface area contributed by atoms with E-state index in [0.717, 1.165) is 6.07 Å². The molecule has 0 unspecified atom stereocenters. The number of hydrogen-bond acceptors (Lipinski definition) is 5. The van der Waals surface area contributed by atoms with Crippen LogP contribution in [0.15, 0.2) is 18.2 Å². The van der Waals surface area contributed by atoms with E-state index in [1.54, 1.807) is 11.9 Å². The van der Waals surface area contributed by atoms with Gasteiger partial charge in [-0.2, -0.15) is 0 Å². The van der Waals surface area contributed by atoms with Gasteiger partial charge < -0.3 is 10.6 Å². The van der Waals surface area contributed by atoms with Crippen molar-refractivity contribution in [1.29, 1.82) is 0 Å². The molecule has 24 heavy (non-hydrogen) atoms. The summed E-state index contributed by atoms with van der Waals surface area (Å²) in [6.45, 7) is 5.65. The second-order valence-electron chi connectivity index (χ2n) is 6.44. The zero-order valence-electron chi connectivity index (χ0n) is 14.1. The summed E-state index contributed by atoms with van der Waals surface area (Å²) in [5, 5.41) is 16.1. The first-order valence-electron chi connectivity index (χ1n) is 7.21. The van der Waals surface area contributed by atoms with Crippen LogP contribution in [0, 0.1) is 10.1 Å². The summed E-state index contributed by atoms with van der Waals surface area (Å²) in [6, 6.07) is 3.78. The zero-order chi connectivity index (χ0) is 18.5. The number of carbonyl (C=O) groups excluding carboxylic acids is 2. The van der Waals surface area contributed by atoms with Crippen LogP contribution in [0.1, 0.15) is 20.8 Å². The lowest BCUT2D eigenvalue weighted by Crippen LogP contribution is -2.46. The van der Waals surface area contributed by atoms with Crippen LogP contribution in [0.2, 0.25) is 5.02 Å². The van der Waals surface area contributed by atoms with Gasteiger partial charge in [0, 0.05) is 17.7 Å². The van der Waals surface area contributed by atoms with Crippen molar-refractivity contribution in [3.8, 4) is 0 Å². The van der Waals surface area contributed by atoms with Crippen molar-refractivity contribution in [1.82, 2.24) is 10.2 Å². The Hall–Kier alpha value is -2.19. The average molecular weight is 357 g/mol. The highest BCUT2D eigenvalue weighted by atomic mass is 35.5. The van der Waals surface area contributed by atoms with Crippen LogP contribution in [0.5, 0.6) is 0 Å². The zero-order valence-corrected chi connectivity index (χ0v) is 14.8. The number of amides is 2. The molecular weight excluding hydrogens is 336 g/mol. The smallest absolute Gasteiger partial charge is 0.271 e. The largest absolute Gasteiger partial charge is 0.350 e. The van der Waals surface area contributed by atoms with Crippen molar-refractivity contribution < 1.29 is 14.5 Å².